The van der Waals surface area contributed by atoms with E-state index >= 15 is 0 Å². The summed E-state index contributed by atoms with van der Waals surface area (Å²) in [5.74, 6) is 0.909. The Morgan fingerprint density at radius 1 is 0.880 bits per heavy atom. The van der Waals surface area contributed by atoms with Gasteiger partial charge in [-0.25, -0.2) is 23.1 Å². The van der Waals surface area contributed by atoms with Crippen LogP contribution in [0.5, 0.6) is 0 Å². The van der Waals surface area contributed by atoms with Gasteiger partial charge in [-0.2, -0.15) is 0 Å². The third-order valence-corrected chi connectivity index (χ3v) is 3.53. The van der Waals surface area contributed by atoms with Gasteiger partial charge in [0, 0.05) is 25.8 Å². The van der Waals surface area contributed by atoms with E-state index in [1.807, 2.05) is 32.3 Å². The second kappa shape index (κ2) is 7.77. The molecule has 0 bridgehead atoms. The minimum absolute atomic E-state index is 0.909. The van der Waals surface area contributed by atoms with Crippen LogP contribution in [0.25, 0.3) is 22.3 Å². The lowest BCUT2D eigenvalue weighted by Crippen LogP contribution is -2.68. The molecule has 2 aromatic carbocycles. The number of halogens is 1. The average Bonchev–Trinajstić information content (AvgIpc) is 2.53. The van der Waals surface area contributed by atoms with Crippen LogP contribution in [0.15, 0.2) is 59.0 Å². The smallest absolute Gasteiger partial charge is 0.363 e. The van der Waals surface area contributed by atoms with Crippen molar-refractivity contribution >= 4 is 16.7 Å². The molecule has 0 saturated carbocycles. The van der Waals surface area contributed by atoms with E-state index in [1.54, 1.807) is 0 Å². The quantitative estimate of drug-likeness (QED) is 0.593. The number of anilines is 1. The molecule has 7 heteroatoms. The van der Waals surface area contributed by atoms with Crippen LogP contribution >= 0.6 is 0 Å². The normalized spacial score (nSPS) is 11.0. The van der Waals surface area contributed by atoms with Crippen molar-refractivity contribution in [3.8, 4) is 11.3 Å². The van der Waals surface area contributed by atoms with E-state index in [4.69, 9.17) is 23.1 Å². The Morgan fingerprint density at radius 3 is 2.04 bits per heavy atom. The number of aryl methyl sites for hydroxylation is 1. The highest BCUT2D eigenvalue weighted by Gasteiger charge is 2.17. The van der Waals surface area contributed by atoms with Crippen LogP contribution in [-0.4, -0.2) is 14.1 Å². The molecule has 0 atom stereocenters. The molecular weight excluding hydrogens is 346 g/mol. The minimum Gasteiger partial charge on any atom is -0.377 e. The Balaban J connectivity index is 0.000000399. The van der Waals surface area contributed by atoms with E-state index in [0.717, 1.165) is 28.0 Å². The van der Waals surface area contributed by atoms with Crippen LogP contribution in [0.4, 0.5) is 5.69 Å². The fraction of sp³-hybridized carbons (Fsp3) is 0.167. The zero-order valence-electron chi connectivity index (χ0n) is 14.1. The van der Waals surface area contributed by atoms with E-state index in [9.17, 15) is 0 Å². The summed E-state index contributed by atoms with van der Waals surface area (Å²) in [5.41, 5.74) is 4.41. The first-order valence-corrected chi connectivity index (χ1v) is 8.60. The first-order chi connectivity index (χ1) is 11.6. The highest BCUT2D eigenvalue weighted by Crippen LogP contribution is 2.29. The fourth-order valence-electron chi connectivity index (χ4n) is 2.37. The number of rotatable bonds is 2. The molecule has 0 saturated heterocycles. The predicted molar refractivity (Wildman–Crippen MR) is 85.1 cm³/mol. The summed E-state index contributed by atoms with van der Waals surface area (Å²) in [6.07, 6.45) is 0. The van der Waals surface area contributed by atoms with Crippen molar-refractivity contribution < 1.29 is 33.3 Å². The molecule has 0 fully saturated rings. The van der Waals surface area contributed by atoms with Crippen molar-refractivity contribution in [3.05, 3.63) is 60.2 Å². The molecule has 0 aliphatic heterocycles. The summed E-state index contributed by atoms with van der Waals surface area (Å²) < 4.78 is 40.1. The summed E-state index contributed by atoms with van der Waals surface area (Å²) in [7, 11) is -0.871. The Kier molecular flexibility index (Phi) is 5.94. The van der Waals surface area contributed by atoms with Gasteiger partial charge in [-0.3, -0.25) is 0 Å². The van der Waals surface area contributed by atoms with Crippen molar-refractivity contribution in [1.82, 2.24) is 0 Å². The van der Waals surface area contributed by atoms with Gasteiger partial charge in [0.05, 0.1) is 17.0 Å². The first-order valence-electron chi connectivity index (χ1n) is 7.37. The molecule has 0 amide bonds. The second-order valence-corrected chi connectivity index (χ2v) is 6.37. The molecule has 0 aliphatic carbocycles. The van der Waals surface area contributed by atoms with Crippen LogP contribution in [0.3, 0.4) is 0 Å². The molecule has 1 heterocycles. The average molecular weight is 364 g/mol. The van der Waals surface area contributed by atoms with Gasteiger partial charge >= 0.3 is 11.3 Å². The van der Waals surface area contributed by atoms with Gasteiger partial charge < -0.3 is 4.90 Å². The van der Waals surface area contributed by atoms with E-state index in [-0.39, 0.29) is 0 Å². The Bertz CT molecular complexity index is 841. The standard InChI is InChI=1S/C18H18NO.ClHO4/c1-13-11-17(14-7-5-4-6-8-14)20-18-12-15(19(2)3)9-10-16(13)18;2-1(3,4)5/h4-12H,1-3H3;(H,2,3,4,5)/q+1;/p-1. The van der Waals surface area contributed by atoms with Gasteiger partial charge in [0.15, 0.2) is 0 Å². The van der Waals surface area contributed by atoms with Crippen molar-refractivity contribution in [3.63, 3.8) is 0 Å². The van der Waals surface area contributed by atoms with Gasteiger partial charge in [0.25, 0.3) is 0 Å². The minimum atomic E-state index is -4.94. The maximum Gasteiger partial charge on any atom is 0.363 e. The highest BCUT2D eigenvalue weighted by atomic mass is 35.7. The third-order valence-electron chi connectivity index (χ3n) is 3.53. The maximum atomic E-state index is 8.49. The van der Waals surface area contributed by atoms with E-state index in [2.05, 4.69) is 48.2 Å². The predicted octanol–water partition coefficient (Wildman–Crippen LogP) is -0.000680. The topological polar surface area (TPSA) is 107 Å². The van der Waals surface area contributed by atoms with Gasteiger partial charge in [0.2, 0.25) is 0 Å². The van der Waals surface area contributed by atoms with Crippen molar-refractivity contribution in [2.45, 2.75) is 6.92 Å². The number of hydrogen-bond donors (Lipinski definition) is 0. The summed E-state index contributed by atoms with van der Waals surface area (Å²) in [6.45, 7) is 2.12. The van der Waals surface area contributed by atoms with Crippen LogP contribution in [0.1, 0.15) is 5.56 Å². The van der Waals surface area contributed by atoms with Gasteiger partial charge in [-0.05, 0) is 36.8 Å². The zero-order chi connectivity index (χ0) is 18.6. The fourth-order valence-corrected chi connectivity index (χ4v) is 2.37. The molecule has 0 unspecified atom stereocenters. The lowest BCUT2D eigenvalue weighted by atomic mass is 10.1. The van der Waals surface area contributed by atoms with Crippen molar-refractivity contribution in [1.29, 1.82) is 0 Å². The van der Waals surface area contributed by atoms with E-state index in [0.29, 0.717) is 0 Å². The third kappa shape index (κ3) is 5.67. The lowest BCUT2D eigenvalue weighted by molar-refractivity contribution is -2.00. The number of fused-ring (bicyclic) bond motifs is 1. The monoisotopic (exact) mass is 363 g/mol. The number of benzene rings is 2. The molecule has 1 aromatic heterocycles. The summed E-state index contributed by atoms with van der Waals surface area (Å²) >= 11 is 0. The van der Waals surface area contributed by atoms with Gasteiger partial charge in [-0.15, -0.1) is 10.2 Å². The molecule has 0 N–H and O–H groups in total. The maximum absolute atomic E-state index is 8.49. The largest absolute Gasteiger partial charge is 0.377 e. The molecule has 0 spiro atoms. The number of nitrogens with zero attached hydrogens (tertiary/aromatic N) is 1. The lowest BCUT2D eigenvalue weighted by Gasteiger charge is -2.17. The Hall–Kier alpha value is -2.22. The Morgan fingerprint density at radius 2 is 1.48 bits per heavy atom. The molecule has 3 aromatic rings. The van der Waals surface area contributed by atoms with Crippen LogP contribution < -0.4 is 23.5 Å². The molecule has 3 rings (SSSR count). The van der Waals surface area contributed by atoms with Crippen LogP contribution in [0, 0.1) is 17.2 Å². The van der Waals surface area contributed by atoms with Crippen LogP contribution in [-0.2, 0) is 0 Å². The van der Waals surface area contributed by atoms with E-state index < -0.39 is 10.2 Å². The molecule has 6 nitrogen and oxygen atoms in total. The highest BCUT2D eigenvalue weighted by molar-refractivity contribution is 5.85. The molecule has 25 heavy (non-hydrogen) atoms. The molecule has 132 valence electrons. The van der Waals surface area contributed by atoms with Gasteiger partial charge in [-0.1, -0.05) is 18.2 Å². The van der Waals surface area contributed by atoms with Crippen molar-refractivity contribution in [2.24, 2.45) is 0 Å². The molecule has 0 radical (unpaired) electrons. The summed E-state index contributed by atoms with van der Waals surface area (Å²) in [4.78, 5) is 2.08. The van der Waals surface area contributed by atoms with Crippen LogP contribution in [0.2, 0.25) is 0 Å². The second-order valence-electron chi connectivity index (χ2n) is 5.61. The molecular formula is C18H18ClNO5. The SMILES string of the molecule is Cc1cc(-c2ccccc2)[o+]c2cc(N(C)C)ccc12.[O-][Cl+3]([O-])([O-])[O-]. The van der Waals surface area contributed by atoms with E-state index in [1.165, 1.54) is 5.56 Å². The molecule has 0 aliphatic rings. The Labute approximate surface area is 147 Å². The zero-order valence-corrected chi connectivity index (χ0v) is 14.8. The van der Waals surface area contributed by atoms with Gasteiger partial charge in [0.1, 0.15) is 0 Å². The number of hydrogen-bond acceptors (Lipinski definition) is 5. The summed E-state index contributed by atoms with van der Waals surface area (Å²) in [6, 6.07) is 18.6. The first kappa shape index (κ1) is 19.1. The summed E-state index contributed by atoms with van der Waals surface area (Å²) in [5, 5.41) is 1.16. The van der Waals surface area contributed by atoms with Crippen molar-refractivity contribution in [2.75, 3.05) is 19.0 Å².